The lowest BCUT2D eigenvalue weighted by Crippen LogP contribution is -2.37. The molecule has 2 aliphatic rings. The number of hydrogen-bond acceptors (Lipinski definition) is 3. The SMILES string of the molecule is CN1C(=N)N(c2cccc(-c3cc(Cl)cnc3F)c2)[C@H](C2CC2)C1=O. The Morgan fingerprint density at radius 3 is 2.80 bits per heavy atom. The molecule has 1 amide bonds. The van der Waals surface area contributed by atoms with Gasteiger partial charge < -0.3 is 0 Å². The summed E-state index contributed by atoms with van der Waals surface area (Å²) >= 11 is 5.94. The van der Waals surface area contributed by atoms with Gasteiger partial charge in [0.15, 0.2) is 0 Å². The van der Waals surface area contributed by atoms with Crippen LogP contribution in [0.4, 0.5) is 10.1 Å². The number of carbonyl (C=O) groups is 1. The number of halogens is 2. The van der Waals surface area contributed by atoms with E-state index < -0.39 is 5.95 Å². The van der Waals surface area contributed by atoms with Gasteiger partial charge in [-0.2, -0.15) is 4.39 Å². The summed E-state index contributed by atoms with van der Waals surface area (Å²) in [5.74, 6) is -0.256. The van der Waals surface area contributed by atoms with E-state index in [1.807, 2.05) is 6.07 Å². The van der Waals surface area contributed by atoms with Crippen molar-refractivity contribution >= 4 is 29.2 Å². The first-order valence-electron chi connectivity index (χ1n) is 8.04. The maximum atomic E-state index is 14.1. The fourth-order valence-electron chi connectivity index (χ4n) is 3.26. The number of anilines is 1. The zero-order chi connectivity index (χ0) is 17.7. The molecule has 1 atom stereocenters. The van der Waals surface area contributed by atoms with Crippen molar-refractivity contribution in [3.63, 3.8) is 0 Å². The standard InChI is InChI=1S/C18H16ClFN4O/c1-23-17(25)15(10-5-6-10)24(18(23)21)13-4-2-3-11(7-13)14-8-12(19)9-22-16(14)20/h2-4,7-10,15,21H,5-6H2,1H3/t15-/m1/s1. The van der Waals surface area contributed by atoms with Gasteiger partial charge in [0.05, 0.1) is 5.02 Å². The number of benzene rings is 1. The Morgan fingerprint density at radius 2 is 2.08 bits per heavy atom. The largest absolute Gasteiger partial charge is 0.300 e. The van der Waals surface area contributed by atoms with E-state index in [2.05, 4.69) is 4.98 Å². The Balaban J connectivity index is 1.77. The minimum Gasteiger partial charge on any atom is -0.300 e. The third-order valence-corrected chi connectivity index (χ3v) is 4.92. The first-order chi connectivity index (χ1) is 12.0. The van der Waals surface area contributed by atoms with Crippen LogP contribution in [0.1, 0.15) is 12.8 Å². The number of guanidine groups is 1. The number of pyridine rings is 1. The molecule has 128 valence electrons. The van der Waals surface area contributed by atoms with E-state index in [1.54, 1.807) is 30.1 Å². The second-order valence-electron chi connectivity index (χ2n) is 6.42. The highest BCUT2D eigenvalue weighted by Crippen LogP contribution is 2.41. The molecule has 4 rings (SSSR count). The topological polar surface area (TPSA) is 60.3 Å². The van der Waals surface area contributed by atoms with Gasteiger partial charge in [-0.3, -0.25) is 20.0 Å². The van der Waals surface area contributed by atoms with Crippen LogP contribution in [0.3, 0.4) is 0 Å². The van der Waals surface area contributed by atoms with E-state index in [0.717, 1.165) is 12.8 Å². The molecule has 0 bridgehead atoms. The predicted molar refractivity (Wildman–Crippen MR) is 94.1 cm³/mol. The molecule has 2 aromatic rings. The molecule has 1 N–H and O–H groups in total. The van der Waals surface area contributed by atoms with E-state index in [4.69, 9.17) is 17.0 Å². The average molecular weight is 359 g/mol. The lowest BCUT2D eigenvalue weighted by molar-refractivity contribution is -0.126. The highest BCUT2D eigenvalue weighted by molar-refractivity contribution is 6.30. The molecule has 1 aromatic carbocycles. The van der Waals surface area contributed by atoms with Crippen LogP contribution in [0, 0.1) is 17.3 Å². The predicted octanol–water partition coefficient (Wildman–Crippen LogP) is 3.53. The van der Waals surface area contributed by atoms with Gasteiger partial charge in [-0.05, 0) is 42.5 Å². The van der Waals surface area contributed by atoms with Crippen molar-refractivity contribution in [2.75, 3.05) is 11.9 Å². The number of aromatic nitrogens is 1. The molecule has 0 spiro atoms. The molecular weight excluding hydrogens is 343 g/mol. The quantitative estimate of drug-likeness (QED) is 0.854. The summed E-state index contributed by atoms with van der Waals surface area (Å²) in [6.45, 7) is 0. The zero-order valence-corrected chi connectivity index (χ0v) is 14.3. The minimum absolute atomic E-state index is 0.0616. The number of rotatable bonds is 3. The lowest BCUT2D eigenvalue weighted by Gasteiger charge is -2.24. The van der Waals surface area contributed by atoms with Crippen LogP contribution in [0.25, 0.3) is 11.1 Å². The third kappa shape index (κ3) is 2.66. The van der Waals surface area contributed by atoms with E-state index in [9.17, 15) is 9.18 Å². The molecule has 1 aromatic heterocycles. The lowest BCUT2D eigenvalue weighted by atomic mass is 10.1. The molecule has 2 heterocycles. The van der Waals surface area contributed by atoms with Crippen LogP contribution < -0.4 is 4.90 Å². The molecule has 2 fully saturated rings. The Morgan fingerprint density at radius 1 is 1.32 bits per heavy atom. The molecule has 5 nitrogen and oxygen atoms in total. The number of hydrogen-bond donors (Lipinski definition) is 1. The summed E-state index contributed by atoms with van der Waals surface area (Å²) in [5.41, 5.74) is 1.59. The molecule has 0 radical (unpaired) electrons. The van der Waals surface area contributed by atoms with Crippen molar-refractivity contribution in [1.29, 1.82) is 5.41 Å². The van der Waals surface area contributed by atoms with Crippen LogP contribution in [-0.4, -0.2) is 34.8 Å². The fraction of sp³-hybridized carbons (Fsp3) is 0.278. The first kappa shape index (κ1) is 16.0. The number of nitrogens with one attached hydrogen (secondary N) is 1. The van der Waals surface area contributed by atoms with E-state index >= 15 is 0 Å². The van der Waals surface area contributed by atoms with Gasteiger partial charge in [-0.25, -0.2) is 4.98 Å². The Hall–Kier alpha value is -2.47. The van der Waals surface area contributed by atoms with Crippen LogP contribution >= 0.6 is 11.6 Å². The summed E-state index contributed by atoms with van der Waals surface area (Å²) < 4.78 is 14.1. The van der Waals surface area contributed by atoms with Gasteiger partial charge in [0.25, 0.3) is 5.91 Å². The zero-order valence-electron chi connectivity index (χ0n) is 13.5. The van der Waals surface area contributed by atoms with Crippen molar-refractivity contribution < 1.29 is 9.18 Å². The monoisotopic (exact) mass is 358 g/mol. The maximum Gasteiger partial charge on any atom is 0.252 e. The number of carbonyl (C=O) groups excluding carboxylic acids is 1. The number of likely N-dealkylation sites (N-methyl/N-ethyl adjacent to an activating group) is 1. The van der Waals surface area contributed by atoms with Crippen molar-refractivity contribution in [2.24, 2.45) is 5.92 Å². The van der Waals surface area contributed by atoms with Gasteiger partial charge in [0.1, 0.15) is 6.04 Å². The van der Waals surface area contributed by atoms with E-state index in [1.165, 1.54) is 17.2 Å². The average Bonchev–Trinajstić information content (AvgIpc) is 3.41. The van der Waals surface area contributed by atoms with E-state index in [0.29, 0.717) is 21.8 Å². The molecule has 1 saturated heterocycles. The molecule has 25 heavy (non-hydrogen) atoms. The van der Waals surface area contributed by atoms with Gasteiger partial charge in [-0.15, -0.1) is 0 Å². The Labute approximate surface area is 149 Å². The smallest absolute Gasteiger partial charge is 0.252 e. The Bertz CT molecular complexity index is 883. The second kappa shape index (κ2) is 5.81. The van der Waals surface area contributed by atoms with Gasteiger partial charge >= 0.3 is 0 Å². The third-order valence-electron chi connectivity index (χ3n) is 4.72. The van der Waals surface area contributed by atoms with Gasteiger partial charge in [0.2, 0.25) is 11.9 Å². The molecule has 1 aliphatic carbocycles. The maximum absolute atomic E-state index is 14.1. The van der Waals surface area contributed by atoms with Crippen molar-refractivity contribution in [2.45, 2.75) is 18.9 Å². The van der Waals surface area contributed by atoms with Crippen molar-refractivity contribution in [1.82, 2.24) is 9.88 Å². The summed E-state index contributed by atoms with van der Waals surface area (Å²) in [6, 6.07) is 8.31. The minimum atomic E-state index is -0.606. The first-order valence-corrected chi connectivity index (χ1v) is 8.42. The summed E-state index contributed by atoms with van der Waals surface area (Å²) in [4.78, 5) is 19.3. The molecule has 7 heteroatoms. The van der Waals surface area contributed by atoms with Crippen molar-refractivity contribution in [3.8, 4) is 11.1 Å². The molecule has 1 aliphatic heterocycles. The fourth-order valence-corrected chi connectivity index (χ4v) is 3.42. The Kier molecular flexibility index (Phi) is 3.72. The summed E-state index contributed by atoms with van der Waals surface area (Å²) in [6.07, 6.45) is 3.23. The van der Waals surface area contributed by atoms with Gasteiger partial charge in [-0.1, -0.05) is 23.7 Å². The second-order valence-corrected chi connectivity index (χ2v) is 6.85. The van der Waals surface area contributed by atoms with Crippen LogP contribution in [0.5, 0.6) is 0 Å². The highest BCUT2D eigenvalue weighted by Gasteiger charge is 2.49. The van der Waals surface area contributed by atoms with Crippen molar-refractivity contribution in [3.05, 3.63) is 47.5 Å². The number of amides is 1. The van der Waals surface area contributed by atoms with E-state index in [-0.39, 0.29) is 23.8 Å². The summed E-state index contributed by atoms with van der Waals surface area (Å²) in [7, 11) is 1.62. The van der Waals surface area contributed by atoms with Gasteiger partial charge in [0, 0.05) is 24.5 Å². The van der Waals surface area contributed by atoms with Crippen LogP contribution in [0.2, 0.25) is 5.02 Å². The highest BCUT2D eigenvalue weighted by atomic mass is 35.5. The number of nitrogens with zero attached hydrogens (tertiary/aromatic N) is 3. The van der Waals surface area contributed by atoms with Crippen LogP contribution in [0.15, 0.2) is 36.5 Å². The molecule has 0 unspecified atom stereocenters. The molecular formula is C18H16ClFN4O. The van der Waals surface area contributed by atoms with Crippen LogP contribution in [-0.2, 0) is 4.79 Å². The summed E-state index contributed by atoms with van der Waals surface area (Å²) in [5, 5.41) is 8.65. The molecule has 1 saturated carbocycles. The normalized spacial score (nSPS) is 20.5.